The van der Waals surface area contributed by atoms with Gasteiger partial charge in [0, 0.05) is 24.1 Å². The number of carbonyl (C=O) groups is 1. The molecule has 1 amide bonds. The van der Waals surface area contributed by atoms with Gasteiger partial charge in [0.2, 0.25) is 0 Å². The lowest BCUT2D eigenvalue weighted by Gasteiger charge is -2.06. The van der Waals surface area contributed by atoms with E-state index in [4.69, 9.17) is 4.52 Å². The molecule has 1 aromatic heterocycles. The van der Waals surface area contributed by atoms with E-state index in [0.717, 1.165) is 37.2 Å². The summed E-state index contributed by atoms with van der Waals surface area (Å²) < 4.78 is 5.30. The van der Waals surface area contributed by atoms with Gasteiger partial charge in [0.1, 0.15) is 0 Å². The highest BCUT2D eigenvalue weighted by molar-refractivity contribution is 5.94. The molecular formula is C19H25N3O2. The Hall–Kier alpha value is -2.17. The number of unbranched alkanes of at least 4 members (excludes halogenated alkanes) is 1. The lowest BCUT2D eigenvalue weighted by molar-refractivity contribution is 0.0950. The minimum atomic E-state index is -0.0292. The smallest absolute Gasteiger partial charge is 0.257 e. The van der Waals surface area contributed by atoms with Gasteiger partial charge >= 0.3 is 0 Å². The summed E-state index contributed by atoms with van der Waals surface area (Å²) in [5.74, 6) is 1.81. The predicted molar refractivity (Wildman–Crippen MR) is 92.6 cm³/mol. The van der Waals surface area contributed by atoms with Gasteiger partial charge < -0.3 is 9.84 Å². The highest BCUT2D eigenvalue weighted by Crippen LogP contribution is 2.50. The zero-order valence-electron chi connectivity index (χ0n) is 14.6. The Morgan fingerprint density at radius 1 is 1.33 bits per heavy atom. The van der Waals surface area contributed by atoms with Crippen molar-refractivity contribution >= 4 is 5.91 Å². The third-order valence-corrected chi connectivity index (χ3v) is 4.84. The first kappa shape index (κ1) is 16.7. The molecule has 5 heteroatoms. The lowest BCUT2D eigenvalue weighted by Crippen LogP contribution is -2.26. The van der Waals surface area contributed by atoms with E-state index in [1.807, 2.05) is 12.1 Å². The van der Waals surface area contributed by atoms with Crippen molar-refractivity contribution < 1.29 is 9.32 Å². The second-order valence-electron chi connectivity index (χ2n) is 7.30. The molecule has 5 nitrogen and oxygen atoms in total. The molecule has 3 rings (SSSR count). The minimum absolute atomic E-state index is 0.0292. The Kier molecular flexibility index (Phi) is 4.69. The van der Waals surface area contributed by atoms with Crippen molar-refractivity contribution in [1.82, 2.24) is 15.5 Å². The molecule has 1 saturated carbocycles. The molecule has 0 radical (unpaired) electrons. The molecule has 0 bridgehead atoms. The van der Waals surface area contributed by atoms with Gasteiger partial charge in [-0.15, -0.1) is 0 Å². The number of rotatable bonds is 7. The van der Waals surface area contributed by atoms with Crippen molar-refractivity contribution in [2.24, 2.45) is 11.3 Å². The van der Waals surface area contributed by atoms with Gasteiger partial charge in [-0.25, -0.2) is 0 Å². The van der Waals surface area contributed by atoms with Crippen molar-refractivity contribution in [1.29, 1.82) is 0 Å². The Balaban J connectivity index is 1.58. The van der Waals surface area contributed by atoms with E-state index < -0.39 is 0 Å². The molecule has 1 N–H and O–H groups in total. The number of aryl methyl sites for hydroxylation is 1. The second kappa shape index (κ2) is 6.75. The van der Waals surface area contributed by atoms with E-state index in [1.54, 1.807) is 12.1 Å². The van der Waals surface area contributed by atoms with Crippen LogP contribution in [0, 0.1) is 11.3 Å². The van der Waals surface area contributed by atoms with Crippen LogP contribution in [0.3, 0.4) is 0 Å². The third-order valence-electron chi connectivity index (χ3n) is 4.84. The van der Waals surface area contributed by atoms with Crippen LogP contribution >= 0.6 is 0 Å². The van der Waals surface area contributed by atoms with Crippen LogP contribution in [0.2, 0.25) is 0 Å². The molecule has 128 valence electrons. The van der Waals surface area contributed by atoms with Crippen LogP contribution in [-0.2, 0) is 6.42 Å². The molecule has 1 atom stereocenters. The van der Waals surface area contributed by atoms with Gasteiger partial charge in [-0.05, 0) is 48.4 Å². The Bertz CT molecular complexity index is 704. The molecule has 0 aliphatic heterocycles. The number of hydrogen-bond acceptors (Lipinski definition) is 4. The van der Waals surface area contributed by atoms with Crippen molar-refractivity contribution in [3.8, 4) is 11.5 Å². The summed E-state index contributed by atoms with van der Waals surface area (Å²) in [6.45, 7) is 7.35. The molecule has 1 aliphatic rings. The fraction of sp³-hybridized carbons (Fsp3) is 0.526. The van der Waals surface area contributed by atoms with Gasteiger partial charge in [-0.2, -0.15) is 4.98 Å². The van der Waals surface area contributed by atoms with Gasteiger partial charge in [-0.1, -0.05) is 32.3 Å². The summed E-state index contributed by atoms with van der Waals surface area (Å²) in [5, 5.41) is 7.00. The first-order valence-electron chi connectivity index (χ1n) is 8.71. The summed E-state index contributed by atoms with van der Waals surface area (Å²) in [7, 11) is 0. The van der Waals surface area contributed by atoms with Crippen molar-refractivity contribution in [3.05, 3.63) is 35.7 Å². The van der Waals surface area contributed by atoms with Crippen LogP contribution < -0.4 is 5.32 Å². The number of nitrogens with one attached hydrogen (secondary N) is 1. The predicted octanol–water partition coefficient (Wildman–Crippen LogP) is 3.86. The van der Waals surface area contributed by atoms with E-state index in [1.165, 1.54) is 6.42 Å². The second-order valence-corrected chi connectivity index (χ2v) is 7.30. The van der Waals surface area contributed by atoms with E-state index in [2.05, 4.69) is 36.2 Å². The van der Waals surface area contributed by atoms with E-state index >= 15 is 0 Å². The zero-order chi connectivity index (χ0) is 17.2. The van der Waals surface area contributed by atoms with E-state index in [-0.39, 0.29) is 5.91 Å². The lowest BCUT2D eigenvalue weighted by atomic mass is 10.1. The van der Waals surface area contributed by atoms with Gasteiger partial charge in [0.05, 0.1) is 0 Å². The van der Waals surface area contributed by atoms with E-state index in [0.29, 0.717) is 22.8 Å². The zero-order valence-corrected chi connectivity index (χ0v) is 14.6. The van der Waals surface area contributed by atoms with Crippen LogP contribution in [-0.4, -0.2) is 22.6 Å². The van der Waals surface area contributed by atoms with Crippen molar-refractivity contribution in [3.63, 3.8) is 0 Å². The quantitative estimate of drug-likeness (QED) is 0.838. The molecule has 1 aromatic carbocycles. The van der Waals surface area contributed by atoms with Crippen LogP contribution in [0.5, 0.6) is 0 Å². The number of benzene rings is 1. The summed E-state index contributed by atoms with van der Waals surface area (Å²) in [4.78, 5) is 16.6. The minimum Gasteiger partial charge on any atom is -0.352 e. The van der Waals surface area contributed by atoms with Crippen LogP contribution in [0.1, 0.15) is 56.2 Å². The van der Waals surface area contributed by atoms with Gasteiger partial charge in [0.25, 0.3) is 11.8 Å². The molecule has 0 unspecified atom stereocenters. The molecule has 0 spiro atoms. The molecule has 2 aromatic rings. The number of amides is 1. The molecular weight excluding hydrogens is 302 g/mol. The van der Waals surface area contributed by atoms with Gasteiger partial charge in [-0.3, -0.25) is 4.79 Å². The third kappa shape index (κ3) is 3.83. The first-order valence-corrected chi connectivity index (χ1v) is 8.71. The highest BCUT2D eigenvalue weighted by atomic mass is 16.5. The normalized spacial score (nSPS) is 18.4. The van der Waals surface area contributed by atoms with Gasteiger partial charge in [0.15, 0.2) is 5.82 Å². The Labute approximate surface area is 142 Å². The fourth-order valence-electron chi connectivity index (χ4n) is 2.81. The van der Waals surface area contributed by atoms with Crippen LogP contribution in [0.15, 0.2) is 28.8 Å². The average Bonchev–Trinajstić information content (AvgIpc) is 2.98. The fourth-order valence-corrected chi connectivity index (χ4v) is 2.81. The number of carbonyl (C=O) groups excluding carboxylic acids is 1. The molecule has 1 heterocycles. The van der Waals surface area contributed by atoms with E-state index in [9.17, 15) is 4.79 Å². The molecule has 1 aliphatic carbocycles. The monoisotopic (exact) mass is 327 g/mol. The first-order chi connectivity index (χ1) is 11.5. The highest BCUT2D eigenvalue weighted by Gasteiger charge is 2.45. The Morgan fingerprint density at radius 2 is 2.04 bits per heavy atom. The summed E-state index contributed by atoms with van der Waals surface area (Å²) in [6, 6.07) is 7.32. The standard InChI is InChI=1S/C19H25N3O2/c1-4-5-6-16-21-18(24-22-16)14-9-7-13(8-10-14)17(23)20-12-15-11-19(15,2)3/h7-10,15H,4-6,11-12H2,1-3H3,(H,20,23)/t15-/m1/s1. The maximum absolute atomic E-state index is 12.2. The van der Waals surface area contributed by atoms with Crippen molar-refractivity contribution in [2.75, 3.05) is 6.54 Å². The Morgan fingerprint density at radius 3 is 2.67 bits per heavy atom. The number of hydrogen-bond donors (Lipinski definition) is 1. The summed E-state index contributed by atoms with van der Waals surface area (Å²) in [6.07, 6.45) is 4.17. The maximum Gasteiger partial charge on any atom is 0.257 e. The number of nitrogens with zero attached hydrogens (tertiary/aromatic N) is 2. The molecule has 24 heavy (non-hydrogen) atoms. The maximum atomic E-state index is 12.2. The summed E-state index contributed by atoms with van der Waals surface area (Å²) in [5.41, 5.74) is 1.87. The average molecular weight is 327 g/mol. The molecule has 1 fully saturated rings. The summed E-state index contributed by atoms with van der Waals surface area (Å²) >= 11 is 0. The topological polar surface area (TPSA) is 68.0 Å². The SMILES string of the molecule is CCCCc1noc(-c2ccc(C(=O)NC[C@H]3CC3(C)C)cc2)n1. The molecule has 0 saturated heterocycles. The van der Waals surface area contributed by atoms with Crippen molar-refractivity contribution in [2.45, 2.75) is 46.5 Å². The van der Waals surface area contributed by atoms with Crippen LogP contribution in [0.25, 0.3) is 11.5 Å². The number of aromatic nitrogens is 2. The van der Waals surface area contributed by atoms with Crippen LogP contribution in [0.4, 0.5) is 0 Å². The largest absolute Gasteiger partial charge is 0.352 e.